The number of halogens is 4. The number of carboxylic acids is 1. The molecule has 3 rings (SSSR count). The fourth-order valence-electron chi connectivity index (χ4n) is 4.73. The summed E-state index contributed by atoms with van der Waals surface area (Å²) in [5, 5.41) is 7.79. The van der Waals surface area contributed by atoms with E-state index < -0.39 is 12.1 Å². The summed E-state index contributed by atoms with van der Waals surface area (Å²) in [7, 11) is 0. The summed E-state index contributed by atoms with van der Waals surface area (Å²) in [5.74, 6) is -0.310. The second-order valence-corrected chi connectivity index (χ2v) is 9.43. The van der Waals surface area contributed by atoms with E-state index in [2.05, 4.69) is 16.0 Å². The molecular weight excluding hydrogens is 443 g/mol. The number of rotatable bonds is 7. The lowest BCUT2D eigenvalue weighted by atomic mass is 9.81. The van der Waals surface area contributed by atoms with Gasteiger partial charge in [-0.2, -0.15) is 13.2 Å². The predicted octanol–water partition coefficient (Wildman–Crippen LogP) is 5.52. The molecule has 1 aromatic rings. The van der Waals surface area contributed by atoms with Crippen molar-refractivity contribution in [2.75, 3.05) is 19.6 Å². The van der Waals surface area contributed by atoms with Crippen LogP contribution in [0.5, 0.6) is 0 Å². The number of carboxylic acid groups (broad SMARTS) is 1. The zero-order valence-electron chi connectivity index (χ0n) is 18.5. The molecular formula is C23H35ClF3N3O2. The third-order valence-electron chi connectivity index (χ3n) is 6.53. The van der Waals surface area contributed by atoms with Gasteiger partial charge >= 0.3 is 12.1 Å². The van der Waals surface area contributed by atoms with E-state index in [9.17, 15) is 13.2 Å². The van der Waals surface area contributed by atoms with E-state index in [0.29, 0.717) is 5.15 Å². The third kappa shape index (κ3) is 9.63. The van der Waals surface area contributed by atoms with Crippen molar-refractivity contribution in [3.8, 4) is 0 Å². The molecule has 0 bridgehead atoms. The van der Waals surface area contributed by atoms with Gasteiger partial charge < -0.3 is 10.8 Å². The summed E-state index contributed by atoms with van der Waals surface area (Å²) in [6.45, 7) is 4.24. The van der Waals surface area contributed by atoms with Gasteiger partial charge in [-0.3, -0.25) is 4.90 Å². The fourth-order valence-corrected chi connectivity index (χ4v) is 4.91. The van der Waals surface area contributed by atoms with Gasteiger partial charge in [0.25, 0.3) is 0 Å². The van der Waals surface area contributed by atoms with Crippen LogP contribution in [0.4, 0.5) is 13.2 Å². The first-order valence-corrected chi connectivity index (χ1v) is 11.9. The minimum atomic E-state index is -5.08. The van der Waals surface area contributed by atoms with Gasteiger partial charge in [-0.05, 0) is 68.9 Å². The van der Waals surface area contributed by atoms with Crippen LogP contribution in [0.15, 0.2) is 18.3 Å². The van der Waals surface area contributed by atoms with Crippen molar-refractivity contribution >= 4 is 17.6 Å². The van der Waals surface area contributed by atoms with Crippen molar-refractivity contribution in [3.63, 3.8) is 0 Å². The van der Waals surface area contributed by atoms with E-state index in [1.165, 1.54) is 76.4 Å². The Hall–Kier alpha value is -1.38. The third-order valence-corrected chi connectivity index (χ3v) is 6.87. The van der Waals surface area contributed by atoms with Gasteiger partial charge in [0.05, 0.1) is 0 Å². The maximum Gasteiger partial charge on any atom is 0.490 e. The minimum absolute atomic E-state index is 0.669. The molecule has 0 amide bonds. The van der Waals surface area contributed by atoms with E-state index in [4.69, 9.17) is 27.2 Å². The second kappa shape index (κ2) is 13.4. The van der Waals surface area contributed by atoms with Crippen molar-refractivity contribution in [1.82, 2.24) is 9.88 Å². The molecule has 0 radical (unpaired) electrons. The molecule has 0 spiro atoms. The summed E-state index contributed by atoms with van der Waals surface area (Å²) < 4.78 is 31.7. The van der Waals surface area contributed by atoms with Gasteiger partial charge in [-0.15, -0.1) is 0 Å². The number of carbonyl (C=O) groups is 1. The van der Waals surface area contributed by atoms with E-state index in [1.54, 1.807) is 6.20 Å². The molecule has 2 saturated carbocycles. The maximum atomic E-state index is 10.6. The number of hydrogen-bond acceptors (Lipinski definition) is 4. The maximum absolute atomic E-state index is 10.6. The van der Waals surface area contributed by atoms with Crippen LogP contribution in [0, 0.1) is 17.8 Å². The summed E-state index contributed by atoms with van der Waals surface area (Å²) in [5.41, 5.74) is 7.04. The van der Waals surface area contributed by atoms with Crippen molar-refractivity contribution in [3.05, 3.63) is 29.0 Å². The molecule has 2 aliphatic rings. The van der Waals surface area contributed by atoms with E-state index in [1.807, 2.05) is 6.07 Å². The normalized spacial score (nSPS) is 22.3. The first kappa shape index (κ1) is 26.9. The highest BCUT2D eigenvalue weighted by atomic mass is 35.5. The van der Waals surface area contributed by atoms with Crippen LogP contribution in [0.1, 0.15) is 63.4 Å². The molecule has 0 atom stereocenters. The molecule has 1 heterocycles. The topological polar surface area (TPSA) is 79.5 Å². The Kier molecular flexibility index (Phi) is 11.2. The van der Waals surface area contributed by atoms with Gasteiger partial charge in [-0.1, -0.05) is 36.9 Å². The highest BCUT2D eigenvalue weighted by Crippen LogP contribution is 2.31. The Labute approximate surface area is 193 Å². The molecule has 9 heteroatoms. The van der Waals surface area contributed by atoms with E-state index >= 15 is 0 Å². The summed E-state index contributed by atoms with van der Waals surface area (Å²) in [6, 6.07) is 4.14. The van der Waals surface area contributed by atoms with Crippen molar-refractivity contribution in [2.45, 2.75) is 70.5 Å². The van der Waals surface area contributed by atoms with Crippen LogP contribution >= 0.6 is 11.6 Å². The molecule has 0 saturated heterocycles. The Morgan fingerprint density at radius 2 is 1.59 bits per heavy atom. The molecule has 0 aliphatic heterocycles. The van der Waals surface area contributed by atoms with Crippen LogP contribution in [-0.2, 0) is 11.3 Å². The SMILES string of the molecule is NCC1CCC(CN(Cc2cccnc2Cl)CC2CCCCC2)CC1.O=C(O)C(F)(F)F. The molecule has 0 unspecified atom stereocenters. The highest BCUT2D eigenvalue weighted by Gasteiger charge is 2.38. The lowest BCUT2D eigenvalue weighted by Gasteiger charge is -2.35. The van der Waals surface area contributed by atoms with Gasteiger partial charge in [0.15, 0.2) is 0 Å². The number of nitrogens with two attached hydrogens (primary N) is 1. The van der Waals surface area contributed by atoms with Crippen LogP contribution in [-0.4, -0.2) is 46.8 Å². The van der Waals surface area contributed by atoms with Gasteiger partial charge in [0, 0.05) is 31.4 Å². The standard InChI is InChI=1S/C21H34ClN3.C2HF3O2/c22-21-20(7-4-12-24-21)16-25(14-18-5-2-1-3-6-18)15-19-10-8-17(13-23)9-11-19;3-2(4,5)1(6)7/h4,7,12,17-19H,1-3,5-6,8-11,13-16,23H2;(H,6,7). The van der Waals surface area contributed by atoms with Crippen LogP contribution in [0.2, 0.25) is 5.15 Å². The Balaban J connectivity index is 0.000000451. The smallest absolute Gasteiger partial charge is 0.475 e. The van der Waals surface area contributed by atoms with Gasteiger partial charge in [0.2, 0.25) is 0 Å². The summed E-state index contributed by atoms with van der Waals surface area (Å²) in [6.07, 6.45) is 9.04. The first-order chi connectivity index (χ1) is 15.2. The van der Waals surface area contributed by atoms with Crippen LogP contribution in [0.25, 0.3) is 0 Å². The molecule has 0 aromatic carbocycles. The molecule has 5 nitrogen and oxygen atoms in total. The Morgan fingerprint density at radius 3 is 2.09 bits per heavy atom. The molecule has 32 heavy (non-hydrogen) atoms. The Morgan fingerprint density at radius 1 is 1.06 bits per heavy atom. The van der Waals surface area contributed by atoms with E-state index in [-0.39, 0.29) is 0 Å². The highest BCUT2D eigenvalue weighted by molar-refractivity contribution is 6.30. The lowest BCUT2D eigenvalue weighted by Crippen LogP contribution is -2.36. The van der Waals surface area contributed by atoms with Crippen molar-refractivity contribution in [2.24, 2.45) is 23.5 Å². The summed E-state index contributed by atoms with van der Waals surface area (Å²) in [4.78, 5) is 15.8. The zero-order valence-corrected chi connectivity index (χ0v) is 19.3. The van der Waals surface area contributed by atoms with Crippen LogP contribution in [0.3, 0.4) is 0 Å². The van der Waals surface area contributed by atoms with Crippen LogP contribution < -0.4 is 5.73 Å². The van der Waals surface area contributed by atoms with Gasteiger partial charge in [0.1, 0.15) is 5.15 Å². The molecule has 2 fully saturated rings. The first-order valence-electron chi connectivity index (χ1n) is 11.5. The van der Waals surface area contributed by atoms with Crippen molar-refractivity contribution in [1.29, 1.82) is 0 Å². The number of aliphatic carboxylic acids is 1. The van der Waals surface area contributed by atoms with Crippen molar-refractivity contribution < 1.29 is 23.1 Å². The molecule has 2 aliphatic carbocycles. The second-order valence-electron chi connectivity index (χ2n) is 9.08. The quantitative estimate of drug-likeness (QED) is 0.506. The number of alkyl halides is 3. The number of pyridine rings is 1. The predicted molar refractivity (Wildman–Crippen MR) is 119 cm³/mol. The summed E-state index contributed by atoms with van der Waals surface area (Å²) >= 11 is 6.34. The number of nitrogens with zero attached hydrogens (tertiary/aromatic N) is 2. The largest absolute Gasteiger partial charge is 0.490 e. The molecule has 3 N–H and O–H groups in total. The lowest BCUT2D eigenvalue weighted by molar-refractivity contribution is -0.192. The molecule has 182 valence electrons. The average molecular weight is 478 g/mol. The Bertz CT molecular complexity index is 691. The van der Waals surface area contributed by atoms with E-state index in [0.717, 1.165) is 30.8 Å². The average Bonchev–Trinajstić information content (AvgIpc) is 2.76. The van der Waals surface area contributed by atoms with Gasteiger partial charge in [-0.25, -0.2) is 9.78 Å². The minimum Gasteiger partial charge on any atom is -0.475 e. The number of aromatic nitrogens is 1. The molecule has 1 aromatic heterocycles. The monoisotopic (exact) mass is 477 g/mol. The zero-order chi connectivity index (χ0) is 23.6. The fraction of sp³-hybridized carbons (Fsp3) is 0.739. The number of hydrogen-bond donors (Lipinski definition) is 2.